The predicted octanol–water partition coefficient (Wildman–Crippen LogP) is 3.74. The molecule has 1 amide bonds. The molecule has 1 unspecified atom stereocenters. The fourth-order valence-corrected chi connectivity index (χ4v) is 2.22. The fraction of sp³-hybridized carbons (Fsp3) is 0.462. The molecule has 1 aliphatic carbocycles. The topological polar surface area (TPSA) is 29.1 Å². The van der Waals surface area contributed by atoms with Crippen molar-refractivity contribution in [1.29, 1.82) is 0 Å². The number of aryl methyl sites for hydroxylation is 1. The monoisotopic (exact) mass is 281 g/mol. The molecule has 0 aromatic heterocycles. The van der Waals surface area contributed by atoms with Crippen LogP contribution in [0.3, 0.4) is 0 Å². The number of halogens is 1. The van der Waals surface area contributed by atoms with E-state index in [1.807, 2.05) is 25.1 Å². The summed E-state index contributed by atoms with van der Waals surface area (Å²) in [6.07, 6.45) is 0.988. The van der Waals surface area contributed by atoms with Gasteiger partial charge < -0.3 is 5.32 Å². The molecule has 0 spiro atoms. The van der Waals surface area contributed by atoms with Gasteiger partial charge in [0.1, 0.15) is 0 Å². The Kier molecular flexibility index (Phi) is 2.82. The molecule has 16 heavy (non-hydrogen) atoms. The highest BCUT2D eigenvalue weighted by Gasteiger charge is 2.50. The van der Waals surface area contributed by atoms with Gasteiger partial charge >= 0.3 is 0 Å². The normalized spacial score (nSPS) is 21.6. The summed E-state index contributed by atoms with van der Waals surface area (Å²) in [5.74, 6) is 0.302. The lowest BCUT2D eigenvalue weighted by Gasteiger charge is -2.09. The van der Waals surface area contributed by atoms with Crippen molar-refractivity contribution in [2.75, 3.05) is 5.32 Å². The summed E-state index contributed by atoms with van der Waals surface area (Å²) >= 11 is 3.44. The van der Waals surface area contributed by atoms with Crippen LogP contribution in [0.1, 0.15) is 25.8 Å². The molecule has 3 heteroatoms. The molecule has 0 heterocycles. The van der Waals surface area contributed by atoms with Crippen LogP contribution in [-0.2, 0) is 4.79 Å². The number of rotatable bonds is 2. The smallest absolute Gasteiger partial charge is 0.228 e. The minimum atomic E-state index is 0.135. The summed E-state index contributed by atoms with van der Waals surface area (Å²) in [5.41, 5.74) is 2.20. The third kappa shape index (κ3) is 2.29. The SMILES string of the molecule is Cc1ccc(Br)c(NC(=O)C2CC2(C)C)c1. The Balaban J connectivity index is 2.10. The van der Waals surface area contributed by atoms with Gasteiger partial charge in [-0.25, -0.2) is 0 Å². The zero-order valence-corrected chi connectivity index (χ0v) is 11.4. The lowest BCUT2D eigenvalue weighted by Crippen LogP contribution is -2.16. The number of carbonyl (C=O) groups excluding carboxylic acids is 1. The second kappa shape index (κ2) is 3.88. The lowest BCUT2D eigenvalue weighted by atomic mass is 10.1. The second-order valence-electron chi connectivity index (χ2n) is 5.22. The van der Waals surface area contributed by atoms with Crippen LogP contribution < -0.4 is 5.32 Å². The van der Waals surface area contributed by atoms with E-state index in [9.17, 15) is 4.79 Å². The van der Waals surface area contributed by atoms with Crippen LogP contribution in [0.4, 0.5) is 5.69 Å². The van der Waals surface area contributed by atoms with E-state index in [-0.39, 0.29) is 17.2 Å². The largest absolute Gasteiger partial charge is 0.325 e. The molecule has 2 nitrogen and oxygen atoms in total. The van der Waals surface area contributed by atoms with Crippen molar-refractivity contribution >= 4 is 27.5 Å². The van der Waals surface area contributed by atoms with Crippen LogP contribution in [0.15, 0.2) is 22.7 Å². The summed E-state index contributed by atoms with van der Waals surface area (Å²) in [6, 6.07) is 5.96. The maximum atomic E-state index is 11.9. The molecule has 1 saturated carbocycles. The molecule has 2 rings (SSSR count). The van der Waals surface area contributed by atoms with Gasteiger partial charge in [0.15, 0.2) is 0 Å². The molecular weight excluding hydrogens is 266 g/mol. The number of hydrogen-bond donors (Lipinski definition) is 1. The first-order chi connectivity index (χ1) is 7.40. The van der Waals surface area contributed by atoms with E-state index in [2.05, 4.69) is 35.1 Å². The zero-order chi connectivity index (χ0) is 11.9. The molecule has 1 atom stereocenters. The van der Waals surface area contributed by atoms with Gasteiger partial charge in [0.25, 0.3) is 0 Å². The van der Waals surface area contributed by atoms with E-state index < -0.39 is 0 Å². The Morgan fingerprint density at radius 3 is 2.69 bits per heavy atom. The summed E-state index contributed by atoms with van der Waals surface area (Å²) in [5, 5.41) is 2.98. The highest BCUT2D eigenvalue weighted by Crippen LogP contribution is 2.52. The van der Waals surface area contributed by atoms with Gasteiger partial charge in [0, 0.05) is 10.4 Å². The van der Waals surface area contributed by atoms with E-state index in [4.69, 9.17) is 0 Å². The molecule has 1 aromatic carbocycles. The molecule has 1 fully saturated rings. The van der Waals surface area contributed by atoms with Gasteiger partial charge in [-0.05, 0) is 52.4 Å². The Morgan fingerprint density at radius 2 is 2.12 bits per heavy atom. The number of nitrogens with one attached hydrogen (secondary N) is 1. The molecule has 0 saturated heterocycles. The molecule has 0 aliphatic heterocycles. The number of hydrogen-bond acceptors (Lipinski definition) is 1. The third-order valence-electron chi connectivity index (χ3n) is 3.21. The minimum absolute atomic E-state index is 0.135. The molecule has 0 bridgehead atoms. The first-order valence-corrected chi connectivity index (χ1v) is 6.26. The molecule has 0 radical (unpaired) electrons. The van der Waals surface area contributed by atoms with Crippen molar-refractivity contribution in [1.82, 2.24) is 0 Å². The summed E-state index contributed by atoms with van der Waals surface area (Å²) < 4.78 is 0.935. The van der Waals surface area contributed by atoms with Gasteiger partial charge in [-0.1, -0.05) is 19.9 Å². The van der Waals surface area contributed by atoms with Crippen LogP contribution in [0.25, 0.3) is 0 Å². The summed E-state index contributed by atoms with van der Waals surface area (Å²) in [6.45, 7) is 6.27. The van der Waals surface area contributed by atoms with Crippen molar-refractivity contribution < 1.29 is 4.79 Å². The number of benzene rings is 1. The minimum Gasteiger partial charge on any atom is -0.325 e. The zero-order valence-electron chi connectivity index (χ0n) is 9.80. The van der Waals surface area contributed by atoms with Gasteiger partial charge in [-0.15, -0.1) is 0 Å². The van der Waals surface area contributed by atoms with E-state index in [0.29, 0.717) is 0 Å². The average Bonchev–Trinajstić information content (AvgIpc) is 2.82. The van der Waals surface area contributed by atoms with E-state index in [1.54, 1.807) is 0 Å². The third-order valence-corrected chi connectivity index (χ3v) is 3.90. The first-order valence-electron chi connectivity index (χ1n) is 5.47. The Morgan fingerprint density at radius 1 is 1.50 bits per heavy atom. The second-order valence-corrected chi connectivity index (χ2v) is 6.07. The fourth-order valence-electron chi connectivity index (χ4n) is 1.87. The van der Waals surface area contributed by atoms with Crippen molar-refractivity contribution in [2.24, 2.45) is 11.3 Å². The summed E-state index contributed by atoms with van der Waals surface area (Å²) in [7, 11) is 0. The maximum Gasteiger partial charge on any atom is 0.228 e. The number of carbonyl (C=O) groups is 1. The van der Waals surface area contributed by atoms with E-state index in [1.165, 1.54) is 0 Å². The van der Waals surface area contributed by atoms with Crippen molar-refractivity contribution in [3.8, 4) is 0 Å². The van der Waals surface area contributed by atoms with Crippen molar-refractivity contribution in [3.63, 3.8) is 0 Å². The molecular formula is C13H16BrNO. The molecule has 86 valence electrons. The predicted molar refractivity (Wildman–Crippen MR) is 69.4 cm³/mol. The van der Waals surface area contributed by atoms with E-state index in [0.717, 1.165) is 22.1 Å². The Hall–Kier alpha value is -0.830. The molecule has 1 aromatic rings. The van der Waals surface area contributed by atoms with Crippen LogP contribution in [0.5, 0.6) is 0 Å². The molecule has 1 N–H and O–H groups in total. The average molecular weight is 282 g/mol. The van der Waals surface area contributed by atoms with Crippen molar-refractivity contribution in [3.05, 3.63) is 28.2 Å². The van der Waals surface area contributed by atoms with Gasteiger partial charge in [0.05, 0.1) is 5.69 Å². The van der Waals surface area contributed by atoms with Crippen molar-refractivity contribution in [2.45, 2.75) is 27.2 Å². The Labute approximate surface area is 105 Å². The quantitative estimate of drug-likeness (QED) is 0.879. The van der Waals surface area contributed by atoms with Crippen LogP contribution in [-0.4, -0.2) is 5.91 Å². The van der Waals surface area contributed by atoms with Gasteiger partial charge in [0.2, 0.25) is 5.91 Å². The lowest BCUT2D eigenvalue weighted by molar-refractivity contribution is -0.118. The summed E-state index contributed by atoms with van der Waals surface area (Å²) in [4.78, 5) is 11.9. The van der Waals surface area contributed by atoms with Crippen LogP contribution in [0, 0.1) is 18.3 Å². The number of anilines is 1. The number of amides is 1. The molecule has 1 aliphatic rings. The highest BCUT2D eigenvalue weighted by atomic mass is 79.9. The Bertz CT molecular complexity index is 440. The van der Waals surface area contributed by atoms with Gasteiger partial charge in [-0.2, -0.15) is 0 Å². The first kappa shape index (κ1) is 11.6. The van der Waals surface area contributed by atoms with E-state index >= 15 is 0 Å². The maximum absolute atomic E-state index is 11.9. The standard InChI is InChI=1S/C13H16BrNO/c1-8-4-5-10(14)11(6-8)15-12(16)9-7-13(9,2)3/h4-6,9H,7H2,1-3H3,(H,15,16). The van der Waals surface area contributed by atoms with Crippen LogP contribution in [0.2, 0.25) is 0 Å². The van der Waals surface area contributed by atoms with Crippen LogP contribution >= 0.6 is 15.9 Å². The van der Waals surface area contributed by atoms with Gasteiger partial charge in [-0.3, -0.25) is 4.79 Å². The highest BCUT2D eigenvalue weighted by molar-refractivity contribution is 9.10.